The highest BCUT2D eigenvalue weighted by Crippen LogP contribution is 2.47. The number of nitrogens with two attached hydrogens (primary N) is 1. The van der Waals surface area contributed by atoms with Crippen LogP contribution in [0.1, 0.15) is 15.9 Å². The van der Waals surface area contributed by atoms with Crippen molar-refractivity contribution >= 4 is 16.7 Å². The Hall–Kier alpha value is -3.41. The Kier molecular flexibility index (Phi) is 3.03. The van der Waals surface area contributed by atoms with Gasteiger partial charge in [0.1, 0.15) is 0 Å². The van der Waals surface area contributed by atoms with Crippen molar-refractivity contribution in [2.45, 2.75) is 6.92 Å². The molecule has 0 aliphatic carbocycles. The largest absolute Gasteiger partial charge is 0.454 e. The first-order chi connectivity index (χ1) is 12.6. The zero-order valence-electron chi connectivity index (χ0n) is 14.0. The Morgan fingerprint density at radius 1 is 0.923 bits per heavy atom. The van der Waals surface area contributed by atoms with Crippen LogP contribution in [0.25, 0.3) is 21.9 Å². The molecule has 0 atom stereocenters. The maximum Gasteiger partial charge on any atom is 0.249 e. The summed E-state index contributed by atoms with van der Waals surface area (Å²) in [4.78, 5) is 12.0. The normalized spacial score (nSPS) is 14.0. The molecule has 2 N–H and O–H groups in total. The van der Waals surface area contributed by atoms with E-state index < -0.39 is 5.91 Å². The van der Waals surface area contributed by atoms with Crippen molar-refractivity contribution < 1.29 is 23.7 Å². The molecule has 0 fully saturated rings. The topological polar surface area (TPSA) is 80.0 Å². The summed E-state index contributed by atoms with van der Waals surface area (Å²) in [5.74, 6) is 2.26. The predicted molar refractivity (Wildman–Crippen MR) is 94.9 cm³/mol. The van der Waals surface area contributed by atoms with Crippen LogP contribution in [0, 0.1) is 6.92 Å². The van der Waals surface area contributed by atoms with Crippen LogP contribution in [0.4, 0.5) is 0 Å². The molecule has 3 aromatic carbocycles. The SMILES string of the molecule is Cc1c(C(N)=O)cc(-c2ccc3c(c2)OCO3)c2c3c(ccc12)OCO3. The molecule has 1 amide bonds. The van der Waals surface area contributed by atoms with E-state index in [1.54, 1.807) is 6.07 Å². The average Bonchev–Trinajstić information content (AvgIpc) is 3.29. The molecular formula is C20H15NO5. The first kappa shape index (κ1) is 14.9. The zero-order valence-corrected chi connectivity index (χ0v) is 14.0. The van der Waals surface area contributed by atoms with E-state index in [4.69, 9.17) is 24.7 Å². The highest BCUT2D eigenvalue weighted by atomic mass is 16.7. The minimum Gasteiger partial charge on any atom is -0.454 e. The van der Waals surface area contributed by atoms with Crippen molar-refractivity contribution in [2.24, 2.45) is 5.73 Å². The van der Waals surface area contributed by atoms with Crippen molar-refractivity contribution in [3.05, 3.63) is 47.5 Å². The second-order valence-corrected chi connectivity index (χ2v) is 6.25. The van der Waals surface area contributed by atoms with Crippen LogP contribution in [-0.2, 0) is 0 Å². The molecule has 130 valence electrons. The van der Waals surface area contributed by atoms with E-state index in [1.807, 2.05) is 37.3 Å². The number of benzene rings is 3. The summed E-state index contributed by atoms with van der Waals surface area (Å²) in [6, 6.07) is 11.3. The molecule has 2 aliphatic heterocycles. The molecule has 0 bridgehead atoms. The maximum absolute atomic E-state index is 12.0. The van der Waals surface area contributed by atoms with Gasteiger partial charge in [0.2, 0.25) is 19.5 Å². The Balaban J connectivity index is 1.87. The number of hydrogen-bond acceptors (Lipinski definition) is 5. The Labute approximate surface area is 149 Å². The van der Waals surface area contributed by atoms with Crippen molar-refractivity contribution in [3.63, 3.8) is 0 Å². The van der Waals surface area contributed by atoms with Gasteiger partial charge < -0.3 is 24.7 Å². The first-order valence-electron chi connectivity index (χ1n) is 8.19. The number of carbonyl (C=O) groups is 1. The fourth-order valence-corrected chi connectivity index (χ4v) is 3.57. The van der Waals surface area contributed by atoms with Crippen molar-refractivity contribution in [3.8, 4) is 34.1 Å². The van der Waals surface area contributed by atoms with Gasteiger partial charge in [-0.3, -0.25) is 4.79 Å². The molecule has 2 heterocycles. The predicted octanol–water partition coefficient (Wildman–Crippen LogP) is 3.37. The van der Waals surface area contributed by atoms with Gasteiger partial charge in [-0.2, -0.15) is 0 Å². The van der Waals surface area contributed by atoms with Gasteiger partial charge >= 0.3 is 0 Å². The van der Waals surface area contributed by atoms with Gasteiger partial charge in [0.05, 0.1) is 0 Å². The van der Waals surface area contributed by atoms with Crippen LogP contribution in [0.2, 0.25) is 0 Å². The van der Waals surface area contributed by atoms with Crippen molar-refractivity contribution in [1.82, 2.24) is 0 Å². The van der Waals surface area contributed by atoms with Gasteiger partial charge in [-0.15, -0.1) is 0 Å². The number of fused-ring (bicyclic) bond motifs is 4. The van der Waals surface area contributed by atoms with E-state index in [9.17, 15) is 4.79 Å². The second kappa shape index (κ2) is 5.29. The monoisotopic (exact) mass is 349 g/mol. The summed E-state index contributed by atoms with van der Waals surface area (Å²) in [6.07, 6.45) is 0. The lowest BCUT2D eigenvalue weighted by atomic mass is 9.90. The summed E-state index contributed by atoms with van der Waals surface area (Å²) < 4.78 is 22.1. The zero-order chi connectivity index (χ0) is 17.8. The third-order valence-electron chi connectivity index (χ3n) is 4.85. The number of rotatable bonds is 2. The fourth-order valence-electron chi connectivity index (χ4n) is 3.57. The molecule has 6 nitrogen and oxygen atoms in total. The van der Waals surface area contributed by atoms with Crippen LogP contribution >= 0.6 is 0 Å². The standard InChI is InChI=1S/C20H15NO5/c1-10-12-3-5-16-19(26-9-24-16)18(12)14(7-13(10)20(21)22)11-2-4-15-17(6-11)25-8-23-15/h2-7H,8-9H2,1H3,(H2,21,22). The molecule has 3 aromatic rings. The molecule has 2 aliphatic rings. The van der Waals surface area contributed by atoms with Crippen LogP contribution in [0.15, 0.2) is 36.4 Å². The smallest absolute Gasteiger partial charge is 0.249 e. The molecule has 5 rings (SSSR count). The highest BCUT2D eigenvalue weighted by molar-refractivity contribution is 6.10. The van der Waals surface area contributed by atoms with E-state index in [-0.39, 0.29) is 13.6 Å². The fraction of sp³-hybridized carbons (Fsp3) is 0.150. The average molecular weight is 349 g/mol. The Bertz CT molecular complexity index is 1090. The maximum atomic E-state index is 12.0. The molecular weight excluding hydrogens is 334 g/mol. The van der Waals surface area contributed by atoms with Gasteiger partial charge in [0.25, 0.3) is 0 Å². The lowest BCUT2D eigenvalue weighted by molar-refractivity contribution is 0.1000. The van der Waals surface area contributed by atoms with Crippen LogP contribution in [0.3, 0.4) is 0 Å². The lowest BCUT2D eigenvalue weighted by Gasteiger charge is -2.15. The lowest BCUT2D eigenvalue weighted by Crippen LogP contribution is -2.13. The molecule has 0 radical (unpaired) electrons. The Morgan fingerprint density at radius 2 is 1.65 bits per heavy atom. The summed E-state index contributed by atoms with van der Waals surface area (Å²) in [5, 5.41) is 1.79. The molecule has 26 heavy (non-hydrogen) atoms. The number of carbonyl (C=O) groups excluding carboxylic acids is 1. The highest BCUT2D eigenvalue weighted by Gasteiger charge is 2.24. The summed E-state index contributed by atoms with van der Waals surface area (Å²) in [7, 11) is 0. The van der Waals surface area contributed by atoms with Gasteiger partial charge in [-0.25, -0.2) is 0 Å². The molecule has 0 saturated heterocycles. The number of amides is 1. The van der Waals surface area contributed by atoms with E-state index in [0.29, 0.717) is 28.6 Å². The van der Waals surface area contributed by atoms with Gasteiger partial charge in [-0.05, 0) is 53.3 Å². The van der Waals surface area contributed by atoms with Crippen LogP contribution in [-0.4, -0.2) is 19.5 Å². The second-order valence-electron chi connectivity index (χ2n) is 6.25. The minimum absolute atomic E-state index is 0.172. The summed E-state index contributed by atoms with van der Waals surface area (Å²) in [5.41, 5.74) is 8.62. The Morgan fingerprint density at radius 3 is 2.50 bits per heavy atom. The molecule has 0 spiro atoms. The van der Waals surface area contributed by atoms with Crippen LogP contribution in [0.5, 0.6) is 23.0 Å². The summed E-state index contributed by atoms with van der Waals surface area (Å²) >= 11 is 0. The number of primary amides is 1. The molecule has 0 unspecified atom stereocenters. The van der Waals surface area contributed by atoms with E-state index in [0.717, 1.165) is 27.5 Å². The molecule has 0 aromatic heterocycles. The quantitative estimate of drug-likeness (QED) is 0.767. The van der Waals surface area contributed by atoms with Crippen molar-refractivity contribution in [2.75, 3.05) is 13.6 Å². The number of hydrogen-bond donors (Lipinski definition) is 1. The number of aryl methyl sites for hydroxylation is 1. The summed E-state index contributed by atoms with van der Waals surface area (Å²) in [6.45, 7) is 2.26. The van der Waals surface area contributed by atoms with E-state index >= 15 is 0 Å². The van der Waals surface area contributed by atoms with Gasteiger partial charge in [0, 0.05) is 10.9 Å². The molecule has 0 saturated carbocycles. The van der Waals surface area contributed by atoms with E-state index in [2.05, 4.69) is 0 Å². The third-order valence-corrected chi connectivity index (χ3v) is 4.85. The third kappa shape index (κ3) is 2.02. The minimum atomic E-state index is -0.468. The van der Waals surface area contributed by atoms with E-state index in [1.165, 1.54) is 0 Å². The molecule has 6 heteroatoms. The van der Waals surface area contributed by atoms with Crippen LogP contribution < -0.4 is 24.7 Å². The van der Waals surface area contributed by atoms with Gasteiger partial charge in [-0.1, -0.05) is 12.1 Å². The first-order valence-corrected chi connectivity index (χ1v) is 8.19. The van der Waals surface area contributed by atoms with Gasteiger partial charge in [0.15, 0.2) is 23.0 Å². The number of ether oxygens (including phenoxy) is 4. The van der Waals surface area contributed by atoms with Crippen molar-refractivity contribution in [1.29, 1.82) is 0 Å².